The van der Waals surface area contributed by atoms with E-state index in [9.17, 15) is 0 Å². The zero-order valence-electron chi connectivity index (χ0n) is 23.4. The molecule has 1 saturated heterocycles. The van der Waals surface area contributed by atoms with Crippen LogP contribution < -0.4 is 0 Å². The fraction of sp³-hybridized carbons (Fsp3) is 0.800. The molecule has 1 fully saturated rings. The van der Waals surface area contributed by atoms with Crippen molar-refractivity contribution in [2.24, 2.45) is 9.98 Å². The maximum Gasteiger partial charge on any atom is 0.192 e. The van der Waals surface area contributed by atoms with E-state index < -0.39 is 16.6 Å². The highest BCUT2D eigenvalue weighted by Gasteiger charge is 2.47. The molecule has 0 aliphatic carbocycles. The van der Waals surface area contributed by atoms with Gasteiger partial charge in [0.1, 0.15) is 12.3 Å². The Morgan fingerprint density at radius 2 is 1.74 bits per heavy atom. The topological polar surface area (TPSA) is 73.5 Å². The molecule has 0 unspecified atom stereocenters. The smallest absolute Gasteiger partial charge is 0.192 e. The minimum atomic E-state index is -1.99. The molecule has 3 aliphatic heterocycles. The molecule has 0 amide bonds. The first-order chi connectivity index (χ1) is 16.1. The highest BCUT2D eigenvalue weighted by atomic mass is 28.4. The summed E-state index contributed by atoms with van der Waals surface area (Å²) in [4.78, 5) is 16.3. The van der Waals surface area contributed by atoms with Gasteiger partial charge in [-0.25, -0.2) is 9.98 Å². The molecule has 3 atom stereocenters. The Bertz CT molecular complexity index is 990. The normalized spacial score (nSPS) is 25.5. The second-order valence-corrected chi connectivity index (χ2v) is 22.7. The van der Waals surface area contributed by atoms with Crippen LogP contribution in [0.4, 0.5) is 5.82 Å². The summed E-state index contributed by atoms with van der Waals surface area (Å²) in [5.74, 6) is 1.74. The fourth-order valence-electron chi connectivity index (χ4n) is 4.13. The van der Waals surface area contributed by atoms with Crippen LogP contribution in [0.3, 0.4) is 0 Å². The van der Waals surface area contributed by atoms with E-state index in [1.54, 1.807) is 0 Å². The lowest BCUT2D eigenvalue weighted by Crippen LogP contribution is -2.48. The van der Waals surface area contributed by atoms with Gasteiger partial charge in [0.25, 0.3) is 0 Å². The van der Waals surface area contributed by atoms with Crippen LogP contribution in [0.25, 0.3) is 0 Å². The molecule has 3 aliphatic rings. The van der Waals surface area contributed by atoms with Crippen molar-refractivity contribution in [2.45, 2.75) is 109 Å². The van der Waals surface area contributed by atoms with Crippen molar-refractivity contribution in [1.29, 1.82) is 0 Å². The molecule has 0 saturated carbocycles. The first kappa shape index (κ1) is 26.7. The first-order valence-corrected chi connectivity index (χ1v) is 18.8. The molecule has 0 bridgehead atoms. The van der Waals surface area contributed by atoms with Crippen LogP contribution in [0.1, 0.15) is 66.3 Å². The van der Waals surface area contributed by atoms with E-state index in [0.717, 1.165) is 43.3 Å². The summed E-state index contributed by atoms with van der Waals surface area (Å²) >= 11 is 0. The number of amidine groups is 1. The molecule has 0 spiro atoms. The highest BCUT2D eigenvalue weighted by Crippen LogP contribution is 2.43. The number of hydrogen-bond acceptors (Lipinski definition) is 7. The van der Waals surface area contributed by atoms with Gasteiger partial charge in [0.2, 0.25) is 0 Å². The minimum Gasteiger partial charge on any atom is -0.414 e. The summed E-state index contributed by atoms with van der Waals surface area (Å²) in [6.45, 7) is 25.2. The molecule has 10 heteroatoms. The van der Waals surface area contributed by atoms with Gasteiger partial charge in [-0.1, -0.05) is 41.5 Å². The highest BCUT2D eigenvalue weighted by molar-refractivity contribution is 6.74. The van der Waals surface area contributed by atoms with Crippen molar-refractivity contribution in [3.05, 3.63) is 12.0 Å². The molecule has 4 heterocycles. The maximum atomic E-state index is 6.93. The van der Waals surface area contributed by atoms with Gasteiger partial charge in [-0.05, 0) is 42.7 Å². The average molecular weight is 520 g/mol. The number of hydrogen-bond donors (Lipinski definition) is 0. The molecule has 0 aromatic carbocycles. The predicted molar refractivity (Wildman–Crippen MR) is 147 cm³/mol. The number of aliphatic imine (C=N–C) groups is 2. The number of imidazole rings is 1. The molecule has 1 aromatic rings. The van der Waals surface area contributed by atoms with Crippen LogP contribution in [0, 0.1) is 0 Å². The van der Waals surface area contributed by atoms with Crippen molar-refractivity contribution in [3.63, 3.8) is 0 Å². The second kappa shape index (κ2) is 9.20. The van der Waals surface area contributed by atoms with E-state index in [4.69, 9.17) is 28.6 Å². The summed E-state index contributed by atoms with van der Waals surface area (Å²) < 4.78 is 22.3. The van der Waals surface area contributed by atoms with E-state index in [1.165, 1.54) is 0 Å². The van der Waals surface area contributed by atoms with Crippen LogP contribution in [0.5, 0.6) is 0 Å². The summed E-state index contributed by atoms with van der Waals surface area (Å²) in [5.41, 5.74) is 0.846. The predicted octanol–water partition coefficient (Wildman–Crippen LogP) is 5.71. The Labute approximate surface area is 213 Å². The SMILES string of the molecule is CC(C)(C)[Si](C)(C)OC[C@H]1O[C@@H](n2cnc3c2N=CN2CCCN=C32)C[C@@H]1O[Si](C)(C)C(C)(C)C. The maximum absolute atomic E-state index is 6.93. The van der Waals surface area contributed by atoms with Gasteiger partial charge in [0.05, 0.1) is 25.4 Å². The molecular weight excluding hydrogens is 474 g/mol. The number of aromatic nitrogens is 2. The third-order valence-electron chi connectivity index (χ3n) is 8.55. The van der Waals surface area contributed by atoms with Crippen LogP contribution >= 0.6 is 0 Å². The van der Waals surface area contributed by atoms with E-state index >= 15 is 0 Å². The molecule has 196 valence electrons. The van der Waals surface area contributed by atoms with Crippen molar-refractivity contribution in [3.8, 4) is 0 Å². The summed E-state index contributed by atoms with van der Waals surface area (Å²) in [7, 11) is -3.91. The zero-order valence-corrected chi connectivity index (χ0v) is 25.4. The Morgan fingerprint density at radius 1 is 1.06 bits per heavy atom. The van der Waals surface area contributed by atoms with Gasteiger partial charge in [-0.3, -0.25) is 9.56 Å². The van der Waals surface area contributed by atoms with E-state index in [-0.39, 0.29) is 28.5 Å². The van der Waals surface area contributed by atoms with E-state index in [1.807, 2.05) is 12.7 Å². The van der Waals surface area contributed by atoms with Crippen LogP contribution in [-0.4, -0.2) is 75.2 Å². The summed E-state index contributed by atoms with van der Waals surface area (Å²) in [6.07, 6.45) is 5.19. The molecule has 1 aromatic heterocycles. The summed E-state index contributed by atoms with van der Waals surface area (Å²) in [6, 6.07) is 0. The Hall–Kier alpha value is -1.34. The molecule has 35 heavy (non-hydrogen) atoms. The lowest BCUT2D eigenvalue weighted by molar-refractivity contribution is -0.0390. The minimum absolute atomic E-state index is 0.0280. The van der Waals surface area contributed by atoms with Crippen LogP contribution in [0.2, 0.25) is 36.3 Å². The number of nitrogens with zero attached hydrogens (tertiary/aromatic N) is 5. The first-order valence-electron chi connectivity index (χ1n) is 13.0. The monoisotopic (exact) mass is 519 g/mol. The largest absolute Gasteiger partial charge is 0.414 e. The number of fused-ring (bicyclic) bond motifs is 3. The van der Waals surface area contributed by atoms with Crippen molar-refractivity contribution in [2.75, 3.05) is 19.7 Å². The Kier molecular flexibility index (Phi) is 7.02. The van der Waals surface area contributed by atoms with Crippen molar-refractivity contribution in [1.82, 2.24) is 14.5 Å². The Balaban J connectivity index is 1.58. The third-order valence-corrected chi connectivity index (χ3v) is 17.6. The number of rotatable bonds is 6. The average Bonchev–Trinajstić information content (AvgIpc) is 3.34. The van der Waals surface area contributed by atoms with Crippen molar-refractivity contribution < 1.29 is 13.6 Å². The molecule has 4 rings (SSSR count). The van der Waals surface area contributed by atoms with E-state index in [0.29, 0.717) is 6.61 Å². The molecular formula is C25H45N5O3Si2. The zero-order chi connectivity index (χ0) is 25.8. The fourth-order valence-corrected chi connectivity index (χ4v) is 6.50. The second-order valence-electron chi connectivity index (χ2n) is 13.2. The van der Waals surface area contributed by atoms with Gasteiger partial charge in [0, 0.05) is 19.5 Å². The quantitative estimate of drug-likeness (QED) is 0.450. The van der Waals surface area contributed by atoms with Gasteiger partial charge in [0.15, 0.2) is 34.0 Å². The van der Waals surface area contributed by atoms with Crippen molar-refractivity contribution >= 4 is 34.6 Å². The lowest BCUT2D eigenvalue weighted by Gasteiger charge is -2.40. The lowest BCUT2D eigenvalue weighted by atomic mass is 10.2. The summed E-state index contributed by atoms with van der Waals surface area (Å²) in [5, 5.41) is 0.266. The van der Waals surface area contributed by atoms with Gasteiger partial charge in [-0.15, -0.1) is 0 Å². The molecule has 0 radical (unpaired) electrons. The van der Waals surface area contributed by atoms with Gasteiger partial charge < -0.3 is 18.5 Å². The Morgan fingerprint density at radius 3 is 2.40 bits per heavy atom. The molecule has 8 nitrogen and oxygen atoms in total. The third kappa shape index (κ3) is 5.23. The standard InChI is InChI=1S/C25H45N5O3Si2/c1-24(2,3)34(7,8)31-15-19-18(33-35(9,10)25(4,5)6)14-20(32-19)30-17-27-21-22-26-12-11-13-29(22)16-28-23(21)30/h16-20H,11-15H2,1-10H3/t18-,19+,20+/m0/s1. The van der Waals surface area contributed by atoms with Crippen LogP contribution in [0.15, 0.2) is 16.3 Å². The molecule has 0 N–H and O–H groups in total. The van der Waals surface area contributed by atoms with E-state index in [2.05, 4.69) is 77.2 Å². The van der Waals surface area contributed by atoms with Gasteiger partial charge in [-0.2, -0.15) is 0 Å². The van der Waals surface area contributed by atoms with Crippen LogP contribution in [-0.2, 0) is 13.6 Å². The van der Waals surface area contributed by atoms with Gasteiger partial charge >= 0.3 is 0 Å². The number of ether oxygens (including phenoxy) is 1.